The predicted molar refractivity (Wildman–Crippen MR) is 122 cm³/mol. The van der Waals surface area contributed by atoms with Crippen molar-refractivity contribution in [2.45, 2.75) is 0 Å². The van der Waals surface area contributed by atoms with Gasteiger partial charge in [-0.2, -0.15) is 0 Å². The second-order valence-corrected chi connectivity index (χ2v) is 8.00. The lowest BCUT2D eigenvalue weighted by Crippen LogP contribution is -2.16. The Morgan fingerprint density at radius 3 is 1.32 bits per heavy atom. The van der Waals surface area contributed by atoms with E-state index in [1.165, 1.54) is 42.5 Å². The summed E-state index contributed by atoms with van der Waals surface area (Å²) in [4.78, 5) is 35.9. The Hall–Kier alpha value is -2.84. The minimum Gasteiger partial charge on any atom is -0.322 e. The summed E-state index contributed by atoms with van der Waals surface area (Å²) >= 11 is 23.7. The fourth-order valence-electron chi connectivity index (χ4n) is 2.64. The Balaban J connectivity index is 1.92. The number of nitro groups is 1. The van der Waals surface area contributed by atoms with Crippen molar-refractivity contribution in [1.82, 2.24) is 0 Å². The quantitative estimate of drug-likeness (QED) is 0.301. The zero-order chi connectivity index (χ0) is 22.7. The molecule has 2 amide bonds. The van der Waals surface area contributed by atoms with Crippen molar-refractivity contribution >= 4 is 75.3 Å². The Kier molecular flexibility index (Phi) is 7.02. The van der Waals surface area contributed by atoms with E-state index in [9.17, 15) is 19.7 Å². The first-order valence-electron chi connectivity index (χ1n) is 8.45. The van der Waals surface area contributed by atoms with Crippen LogP contribution in [0.4, 0.5) is 17.1 Å². The van der Waals surface area contributed by atoms with Crippen LogP contribution in [-0.4, -0.2) is 16.7 Å². The third-order valence-corrected chi connectivity index (χ3v) is 4.77. The number of hydrogen-bond acceptors (Lipinski definition) is 4. The number of rotatable bonds is 5. The third-order valence-electron chi connectivity index (χ3n) is 3.89. The van der Waals surface area contributed by atoms with E-state index < -0.39 is 22.4 Å². The van der Waals surface area contributed by atoms with Crippen LogP contribution in [0.15, 0.2) is 54.6 Å². The summed E-state index contributed by atoms with van der Waals surface area (Å²) < 4.78 is 0. The molecule has 0 saturated carbocycles. The number of benzene rings is 3. The largest absolute Gasteiger partial charge is 0.322 e. The number of nitro benzene ring substituents is 1. The number of carbonyl (C=O) groups excluding carboxylic acids is 2. The van der Waals surface area contributed by atoms with Gasteiger partial charge in [0.15, 0.2) is 0 Å². The van der Waals surface area contributed by atoms with Gasteiger partial charge in [-0.25, -0.2) is 0 Å². The second kappa shape index (κ2) is 9.53. The van der Waals surface area contributed by atoms with Gasteiger partial charge in [0.05, 0.1) is 4.92 Å². The van der Waals surface area contributed by atoms with E-state index in [4.69, 9.17) is 46.4 Å². The molecule has 0 bridgehead atoms. The molecule has 0 aromatic heterocycles. The van der Waals surface area contributed by atoms with Gasteiger partial charge in [-0.1, -0.05) is 46.4 Å². The number of nitrogens with zero attached hydrogens (tertiary/aromatic N) is 1. The SMILES string of the molecule is O=C(Nc1cc(Cl)cc(Cl)c1)c1cc(C(=O)Nc2cc(Cl)cc(Cl)c2)cc([N+](=O)[O-])c1. The van der Waals surface area contributed by atoms with Crippen LogP contribution < -0.4 is 10.6 Å². The van der Waals surface area contributed by atoms with Crippen molar-refractivity contribution in [2.24, 2.45) is 0 Å². The number of anilines is 2. The van der Waals surface area contributed by atoms with Crippen LogP contribution >= 0.6 is 46.4 Å². The van der Waals surface area contributed by atoms with Gasteiger partial charge in [-0.05, 0) is 42.5 Å². The van der Waals surface area contributed by atoms with Crippen LogP contribution in [0.2, 0.25) is 20.1 Å². The number of carbonyl (C=O) groups is 2. The molecule has 0 atom stereocenters. The van der Waals surface area contributed by atoms with E-state index in [1.807, 2.05) is 0 Å². The van der Waals surface area contributed by atoms with Crippen LogP contribution in [0.25, 0.3) is 0 Å². The van der Waals surface area contributed by atoms with Gasteiger partial charge >= 0.3 is 0 Å². The number of amides is 2. The molecule has 0 aliphatic heterocycles. The average Bonchev–Trinajstić information content (AvgIpc) is 2.65. The highest BCUT2D eigenvalue weighted by Gasteiger charge is 2.19. The van der Waals surface area contributed by atoms with Crippen LogP contribution in [0.3, 0.4) is 0 Å². The molecule has 0 unspecified atom stereocenters. The minimum absolute atomic E-state index is 0.112. The number of halogens is 4. The maximum atomic E-state index is 12.6. The molecule has 3 aromatic rings. The van der Waals surface area contributed by atoms with Crippen molar-refractivity contribution in [3.8, 4) is 0 Å². The maximum absolute atomic E-state index is 12.6. The van der Waals surface area contributed by atoms with Crippen molar-refractivity contribution in [1.29, 1.82) is 0 Å². The summed E-state index contributed by atoms with van der Waals surface area (Å²) in [7, 11) is 0. The van der Waals surface area contributed by atoms with Crippen molar-refractivity contribution < 1.29 is 14.5 Å². The normalized spacial score (nSPS) is 10.5. The van der Waals surface area contributed by atoms with Gasteiger partial charge in [-0.15, -0.1) is 0 Å². The van der Waals surface area contributed by atoms with Crippen LogP contribution in [0, 0.1) is 10.1 Å². The molecule has 11 heteroatoms. The minimum atomic E-state index is -0.708. The van der Waals surface area contributed by atoms with Gasteiger partial charge in [0, 0.05) is 54.7 Å². The molecule has 2 N–H and O–H groups in total. The first kappa shape index (κ1) is 22.8. The van der Waals surface area contributed by atoms with E-state index in [2.05, 4.69) is 10.6 Å². The summed E-state index contributed by atoms with van der Waals surface area (Å²) in [6.07, 6.45) is 0. The van der Waals surface area contributed by atoms with Gasteiger partial charge in [0.1, 0.15) is 0 Å². The first-order valence-corrected chi connectivity index (χ1v) is 9.96. The molecule has 7 nitrogen and oxygen atoms in total. The monoisotopic (exact) mass is 497 g/mol. The molecular formula is C20H11Cl4N3O4. The standard InChI is InChI=1S/C20H11Cl4N3O4/c21-12-4-13(22)7-16(6-12)25-19(28)10-1-11(3-18(2-10)27(30)31)20(29)26-17-8-14(23)5-15(24)9-17/h1-9H,(H,25,28)(H,26,29). The molecule has 3 aromatic carbocycles. The lowest BCUT2D eigenvalue weighted by Gasteiger charge is -2.10. The summed E-state index contributed by atoms with van der Waals surface area (Å²) in [5.74, 6) is -1.39. The molecule has 0 saturated heterocycles. The van der Waals surface area contributed by atoms with Gasteiger partial charge in [-0.3, -0.25) is 19.7 Å². The van der Waals surface area contributed by atoms with Crippen molar-refractivity contribution in [3.05, 3.63) is 95.9 Å². The van der Waals surface area contributed by atoms with Crippen LogP contribution in [0.1, 0.15) is 20.7 Å². The Morgan fingerprint density at radius 2 is 1.00 bits per heavy atom. The fraction of sp³-hybridized carbons (Fsp3) is 0. The molecule has 0 heterocycles. The van der Waals surface area contributed by atoms with E-state index in [0.29, 0.717) is 20.1 Å². The summed E-state index contributed by atoms with van der Waals surface area (Å²) in [6, 6.07) is 12.1. The molecule has 0 fully saturated rings. The Labute approximate surface area is 196 Å². The first-order chi connectivity index (χ1) is 14.6. The van der Waals surface area contributed by atoms with E-state index >= 15 is 0 Å². The lowest BCUT2D eigenvalue weighted by molar-refractivity contribution is -0.384. The highest BCUT2D eigenvalue weighted by atomic mass is 35.5. The third kappa shape index (κ3) is 6.08. The average molecular weight is 499 g/mol. The number of non-ortho nitro benzene ring substituents is 1. The number of nitrogens with one attached hydrogen (secondary N) is 2. The molecule has 0 aliphatic carbocycles. The molecular weight excluding hydrogens is 488 g/mol. The molecule has 0 spiro atoms. The molecule has 31 heavy (non-hydrogen) atoms. The fourth-order valence-corrected chi connectivity index (χ4v) is 3.69. The molecule has 3 rings (SSSR count). The summed E-state index contributed by atoms with van der Waals surface area (Å²) in [6.45, 7) is 0. The van der Waals surface area contributed by atoms with Crippen molar-refractivity contribution in [3.63, 3.8) is 0 Å². The number of hydrogen-bond donors (Lipinski definition) is 2. The predicted octanol–water partition coefficient (Wildman–Crippen LogP) is 6.71. The van der Waals surface area contributed by atoms with Crippen LogP contribution in [-0.2, 0) is 0 Å². The molecule has 0 aliphatic rings. The maximum Gasteiger partial charge on any atom is 0.271 e. The van der Waals surface area contributed by atoms with Gasteiger partial charge < -0.3 is 10.6 Å². The molecule has 158 valence electrons. The van der Waals surface area contributed by atoms with E-state index in [-0.39, 0.29) is 22.5 Å². The smallest absolute Gasteiger partial charge is 0.271 e. The van der Waals surface area contributed by atoms with E-state index in [0.717, 1.165) is 12.1 Å². The summed E-state index contributed by atoms with van der Waals surface area (Å²) in [5, 5.41) is 17.6. The van der Waals surface area contributed by atoms with Crippen LogP contribution in [0.5, 0.6) is 0 Å². The second-order valence-electron chi connectivity index (χ2n) is 6.25. The van der Waals surface area contributed by atoms with Crippen molar-refractivity contribution in [2.75, 3.05) is 10.6 Å². The zero-order valence-electron chi connectivity index (χ0n) is 15.3. The van der Waals surface area contributed by atoms with E-state index in [1.54, 1.807) is 0 Å². The zero-order valence-corrected chi connectivity index (χ0v) is 18.3. The Morgan fingerprint density at radius 1 is 0.645 bits per heavy atom. The van der Waals surface area contributed by atoms with Gasteiger partial charge in [0.25, 0.3) is 17.5 Å². The highest BCUT2D eigenvalue weighted by molar-refractivity contribution is 6.35. The topological polar surface area (TPSA) is 101 Å². The van der Waals surface area contributed by atoms with Gasteiger partial charge in [0.2, 0.25) is 0 Å². The highest BCUT2D eigenvalue weighted by Crippen LogP contribution is 2.26. The Bertz CT molecular complexity index is 1090. The lowest BCUT2D eigenvalue weighted by atomic mass is 10.1. The summed E-state index contributed by atoms with van der Waals surface area (Å²) in [5.41, 5.74) is -0.0904. The molecule has 0 radical (unpaired) electrons.